The van der Waals surface area contributed by atoms with E-state index < -0.39 is 5.97 Å². The van der Waals surface area contributed by atoms with Gasteiger partial charge in [-0.2, -0.15) is 0 Å². The second-order valence-electron chi connectivity index (χ2n) is 6.02. The Bertz CT molecular complexity index is 548. The van der Waals surface area contributed by atoms with Gasteiger partial charge in [0.1, 0.15) is 11.8 Å². The lowest BCUT2D eigenvalue weighted by atomic mass is 9.94. The lowest BCUT2D eigenvalue weighted by Gasteiger charge is -2.25. The summed E-state index contributed by atoms with van der Waals surface area (Å²) < 4.78 is 6.40. The number of likely N-dealkylation sites (tertiary alicyclic amines) is 1. The number of nitrogens with zero attached hydrogens (tertiary/aromatic N) is 1. The van der Waals surface area contributed by atoms with Crippen molar-refractivity contribution in [2.45, 2.75) is 31.8 Å². The van der Waals surface area contributed by atoms with Gasteiger partial charge in [0.25, 0.3) is 0 Å². The highest BCUT2D eigenvalue weighted by atomic mass is 79.9. The molecule has 2 aliphatic rings. The van der Waals surface area contributed by atoms with Crippen LogP contribution >= 0.6 is 15.9 Å². The van der Waals surface area contributed by atoms with Crippen molar-refractivity contribution in [2.75, 3.05) is 13.7 Å². The van der Waals surface area contributed by atoms with Crippen LogP contribution in [0.5, 0.6) is 5.75 Å². The van der Waals surface area contributed by atoms with Crippen LogP contribution in [-0.2, 0) is 11.3 Å². The van der Waals surface area contributed by atoms with Gasteiger partial charge in [0.2, 0.25) is 0 Å². The maximum Gasteiger partial charge on any atom is 0.321 e. The van der Waals surface area contributed by atoms with Gasteiger partial charge in [0, 0.05) is 23.1 Å². The van der Waals surface area contributed by atoms with E-state index in [0.29, 0.717) is 18.4 Å². The van der Waals surface area contributed by atoms with Crippen LogP contribution in [0.3, 0.4) is 0 Å². The predicted octanol–water partition coefficient (Wildman–Crippen LogP) is 3.14. The number of rotatable bonds is 4. The van der Waals surface area contributed by atoms with Crippen molar-refractivity contribution in [3.8, 4) is 5.75 Å². The zero-order valence-corrected chi connectivity index (χ0v) is 13.7. The molecule has 0 radical (unpaired) electrons. The van der Waals surface area contributed by atoms with Crippen LogP contribution in [0.1, 0.15) is 24.8 Å². The number of hydrogen-bond donors (Lipinski definition) is 1. The first-order valence-electron chi connectivity index (χ1n) is 7.39. The average molecular weight is 354 g/mol. The minimum atomic E-state index is -0.682. The van der Waals surface area contributed by atoms with Crippen LogP contribution in [0.2, 0.25) is 0 Å². The summed E-state index contributed by atoms with van der Waals surface area (Å²) in [6.07, 6.45) is 3.39. The largest absolute Gasteiger partial charge is 0.496 e. The third-order valence-corrected chi connectivity index (χ3v) is 5.35. The van der Waals surface area contributed by atoms with Gasteiger partial charge in [-0.15, -0.1) is 0 Å². The molecule has 1 aromatic carbocycles. The Labute approximate surface area is 133 Å². The van der Waals surface area contributed by atoms with Gasteiger partial charge in [-0.1, -0.05) is 22.4 Å². The van der Waals surface area contributed by atoms with Crippen molar-refractivity contribution in [1.82, 2.24) is 4.90 Å². The van der Waals surface area contributed by atoms with E-state index in [1.54, 1.807) is 7.11 Å². The summed E-state index contributed by atoms with van der Waals surface area (Å²) in [7, 11) is 1.65. The predicted molar refractivity (Wildman–Crippen MR) is 83.4 cm³/mol. The molecule has 0 amide bonds. The summed E-state index contributed by atoms with van der Waals surface area (Å²) in [4.78, 5) is 13.8. The van der Waals surface area contributed by atoms with Gasteiger partial charge in [0.05, 0.1) is 7.11 Å². The number of fused-ring (bicyclic) bond motifs is 1. The summed E-state index contributed by atoms with van der Waals surface area (Å²) in [5.74, 6) is 1.00. The standard InChI is InChI=1S/C16H20BrNO3/c1-21-14-6-5-12(17)7-11(14)9-18-8-10-3-2-4-13(10)15(18)16(19)20/h5-7,10,13,15H,2-4,8-9H2,1H3,(H,19,20). The van der Waals surface area contributed by atoms with Gasteiger partial charge in [0.15, 0.2) is 0 Å². The van der Waals surface area contributed by atoms with E-state index in [2.05, 4.69) is 20.8 Å². The molecule has 1 saturated heterocycles. The molecule has 3 unspecified atom stereocenters. The smallest absolute Gasteiger partial charge is 0.321 e. The Morgan fingerprint density at radius 1 is 1.48 bits per heavy atom. The van der Waals surface area contributed by atoms with Crippen LogP contribution in [0.25, 0.3) is 0 Å². The fraction of sp³-hybridized carbons (Fsp3) is 0.562. The Balaban J connectivity index is 1.84. The molecular weight excluding hydrogens is 334 g/mol. The van der Waals surface area contributed by atoms with Crippen molar-refractivity contribution >= 4 is 21.9 Å². The van der Waals surface area contributed by atoms with Crippen LogP contribution in [-0.4, -0.2) is 35.7 Å². The van der Waals surface area contributed by atoms with E-state index in [9.17, 15) is 9.90 Å². The van der Waals surface area contributed by atoms with Crippen LogP contribution in [0.15, 0.2) is 22.7 Å². The Morgan fingerprint density at radius 3 is 3.00 bits per heavy atom. The highest BCUT2D eigenvalue weighted by Gasteiger charge is 2.47. The number of carboxylic acid groups (broad SMARTS) is 1. The molecule has 1 saturated carbocycles. The maximum atomic E-state index is 11.7. The van der Waals surface area contributed by atoms with E-state index in [-0.39, 0.29) is 6.04 Å². The quantitative estimate of drug-likeness (QED) is 0.903. The summed E-state index contributed by atoms with van der Waals surface area (Å²) in [6, 6.07) is 5.54. The Kier molecular flexibility index (Phi) is 4.22. The molecule has 3 atom stereocenters. The van der Waals surface area contributed by atoms with Crippen molar-refractivity contribution in [3.63, 3.8) is 0 Å². The van der Waals surface area contributed by atoms with E-state index >= 15 is 0 Å². The van der Waals surface area contributed by atoms with Crippen LogP contribution in [0.4, 0.5) is 0 Å². The molecule has 0 spiro atoms. The van der Waals surface area contributed by atoms with Crippen molar-refractivity contribution < 1.29 is 14.6 Å². The molecule has 1 N–H and O–H groups in total. The average Bonchev–Trinajstić information content (AvgIpc) is 2.98. The zero-order chi connectivity index (χ0) is 15.0. The third-order valence-electron chi connectivity index (χ3n) is 4.85. The van der Waals surface area contributed by atoms with E-state index in [1.165, 1.54) is 12.8 Å². The molecule has 1 aliphatic heterocycles. The topological polar surface area (TPSA) is 49.8 Å². The first-order valence-corrected chi connectivity index (χ1v) is 8.18. The van der Waals surface area contributed by atoms with Gasteiger partial charge in [-0.25, -0.2) is 0 Å². The monoisotopic (exact) mass is 353 g/mol. The normalized spacial score (nSPS) is 28.6. The molecule has 3 rings (SSSR count). The molecule has 0 bridgehead atoms. The molecule has 5 heteroatoms. The van der Waals surface area contributed by atoms with E-state index in [1.807, 2.05) is 18.2 Å². The van der Waals surface area contributed by atoms with Crippen molar-refractivity contribution in [1.29, 1.82) is 0 Å². The van der Waals surface area contributed by atoms with E-state index in [4.69, 9.17) is 4.74 Å². The lowest BCUT2D eigenvalue weighted by molar-refractivity contribution is -0.143. The first kappa shape index (κ1) is 14.9. The van der Waals surface area contributed by atoms with Crippen molar-refractivity contribution in [2.24, 2.45) is 11.8 Å². The summed E-state index contributed by atoms with van der Waals surface area (Å²) in [5, 5.41) is 9.61. The zero-order valence-electron chi connectivity index (χ0n) is 12.1. The lowest BCUT2D eigenvalue weighted by Crippen LogP contribution is -2.39. The SMILES string of the molecule is COc1ccc(Br)cc1CN1CC2CCCC2C1C(=O)O. The molecule has 4 nitrogen and oxygen atoms in total. The molecule has 114 valence electrons. The van der Waals surface area contributed by atoms with Gasteiger partial charge in [-0.05, 0) is 42.9 Å². The number of carbonyl (C=O) groups is 1. The van der Waals surface area contributed by atoms with Crippen molar-refractivity contribution in [3.05, 3.63) is 28.2 Å². The van der Waals surface area contributed by atoms with Crippen LogP contribution < -0.4 is 4.74 Å². The van der Waals surface area contributed by atoms with Gasteiger partial charge < -0.3 is 9.84 Å². The molecule has 2 fully saturated rings. The van der Waals surface area contributed by atoms with Gasteiger partial charge >= 0.3 is 5.97 Å². The number of halogens is 1. The number of ether oxygens (including phenoxy) is 1. The summed E-state index contributed by atoms with van der Waals surface area (Å²) >= 11 is 3.48. The molecule has 1 heterocycles. The summed E-state index contributed by atoms with van der Waals surface area (Å²) in [5.41, 5.74) is 1.04. The minimum Gasteiger partial charge on any atom is -0.496 e. The fourth-order valence-corrected chi connectivity index (χ4v) is 4.39. The minimum absolute atomic E-state index is 0.320. The number of hydrogen-bond acceptors (Lipinski definition) is 3. The van der Waals surface area contributed by atoms with E-state index in [0.717, 1.165) is 28.8 Å². The molecule has 0 aromatic heterocycles. The molecular formula is C16H20BrNO3. The highest BCUT2D eigenvalue weighted by molar-refractivity contribution is 9.10. The number of aliphatic carboxylic acids is 1. The van der Waals surface area contributed by atoms with Gasteiger partial charge in [-0.3, -0.25) is 9.69 Å². The maximum absolute atomic E-state index is 11.7. The Morgan fingerprint density at radius 2 is 2.29 bits per heavy atom. The molecule has 21 heavy (non-hydrogen) atoms. The first-order chi connectivity index (χ1) is 10.1. The number of benzene rings is 1. The molecule has 1 aromatic rings. The number of methoxy groups -OCH3 is 1. The summed E-state index contributed by atoms with van der Waals surface area (Å²) in [6.45, 7) is 1.52. The fourth-order valence-electron chi connectivity index (χ4n) is 3.99. The number of carboxylic acids is 1. The Hall–Kier alpha value is -1.07. The van der Waals surface area contributed by atoms with Crippen LogP contribution in [0, 0.1) is 11.8 Å². The highest BCUT2D eigenvalue weighted by Crippen LogP contribution is 2.43. The second-order valence-corrected chi connectivity index (χ2v) is 6.94. The molecule has 1 aliphatic carbocycles. The third kappa shape index (κ3) is 2.81. The second kappa shape index (κ2) is 5.97.